The van der Waals surface area contributed by atoms with Crippen molar-refractivity contribution in [3.8, 4) is 0 Å². The number of halogens is 1. The van der Waals surface area contributed by atoms with E-state index in [1.807, 2.05) is 45.0 Å². The van der Waals surface area contributed by atoms with Crippen molar-refractivity contribution < 1.29 is 9.90 Å². The molecule has 1 heterocycles. The third kappa shape index (κ3) is 4.56. The van der Waals surface area contributed by atoms with Crippen LogP contribution in [0, 0.1) is 12.8 Å². The van der Waals surface area contributed by atoms with Gasteiger partial charge in [0, 0.05) is 23.9 Å². The Balaban J connectivity index is 2.10. The van der Waals surface area contributed by atoms with Crippen LogP contribution in [-0.2, 0) is 6.54 Å². The second-order valence-electron chi connectivity index (χ2n) is 5.88. The van der Waals surface area contributed by atoms with Crippen LogP contribution in [0.2, 0.25) is 5.02 Å². The number of carbonyl (C=O) groups excluding carboxylic acids is 1. The van der Waals surface area contributed by atoms with Crippen LogP contribution in [0.3, 0.4) is 0 Å². The van der Waals surface area contributed by atoms with E-state index < -0.39 is 0 Å². The van der Waals surface area contributed by atoms with Gasteiger partial charge in [-0.2, -0.15) is 5.10 Å². The van der Waals surface area contributed by atoms with Gasteiger partial charge in [0.1, 0.15) is 0 Å². The Hall–Kier alpha value is -1.85. The van der Waals surface area contributed by atoms with Gasteiger partial charge in [0.05, 0.1) is 17.8 Å². The van der Waals surface area contributed by atoms with Gasteiger partial charge in [-0.1, -0.05) is 30.7 Å². The molecule has 2 N–H and O–H groups in total. The maximum atomic E-state index is 12.3. The average Bonchev–Trinajstić information content (AvgIpc) is 2.86. The lowest BCUT2D eigenvalue weighted by molar-refractivity contribution is 0.0915. The molecule has 0 aliphatic carbocycles. The molecule has 1 aromatic carbocycles. The minimum atomic E-state index is -0.173. The molecule has 0 aliphatic heterocycles. The first-order valence-corrected chi connectivity index (χ1v) is 7.98. The van der Waals surface area contributed by atoms with E-state index in [1.165, 1.54) is 0 Å². The summed E-state index contributed by atoms with van der Waals surface area (Å²) in [5, 5.41) is 17.1. The maximum absolute atomic E-state index is 12.3. The van der Waals surface area contributed by atoms with E-state index in [0.29, 0.717) is 22.8 Å². The van der Waals surface area contributed by atoms with E-state index in [0.717, 1.165) is 5.56 Å². The Morgan fingerprint density at radius 2 is 2.17 bits per heavy atom. The van der Waals surface area contributed by atoms with Gasteiger partial charge >= 0.3 is 0 Å². The first-order chi connectivity index (χ1) is 10.9. The van der Waals surface area contributed by atoms with Crippen molar-refractivity contribution in [3.05, 3.63) is 52.3 Å². The van der Waals surface area contributed by atoms with Gasteiger partial charge in [-0.25, -0.2) is 0 Å². The Kier molecular flexibility index (Phi) is 5.80. The molecule has 0 aliphatic rings. The predicted molar refractivity (Wildman–Crippen MR) is 90.7 cm³/mol. The number of aliphatic hydroxyl groups is 1. The maximum Gasteiger partial charge on any atom is 0.254 e. The summed E-state index contributed by atoms with van der Waals surface area (Å²) < 4.78 is 1.73. The van der Waals surface area contributed by atoms with Crippen LogP contribution >= 0.6 is 11.6 Å². The molecule has 1 amide bonds. The minimum absolute atomic E-state index is 0.000705. The summed E-state index contributed by atoms with van der Waals surface area (Å²) in [5.41, 5.74) is 2.24. The van der Waals surface area contributed by atoms with E-state index >= 15 is 0 Å². The van der Waals surface area contributed by atoms with Gasteiger partial charge in [-0.05, 0) is 37.5 Å². The molecule has 6 heteroatoms. The normalized spacial score (nSPS) is 13.6. The fraction of sp³-hybridized carbons (Fsp3) is 0.412. The monoisotopic (exact) mass is 335 g/mol. The topological polar surface area (TPSA) is 67.2 Å². The van der Waals surface area contributed by atoms with Crippen molar-refractivity contribution in [2.75, 3.05) is 6.61 Å². The van der Waals surface area contributed by atoms with Crippen molar-refractivity contribution in [1.82, 2.24) is 15.1 Å². The molecule has 2 unspecified atom stereocenters. The average molecular weight is 336 g/mol. The van der Waals surface area contributed by atoms with E-state index in [1.54, 1.807) is 10.9 Å². The minimum Gasteiger partial charge on any atom is -0.396 e. The third-order valence-corrected chi connectivity index (χ3v) is 4.16. The standard InChI is InChI=1S/C17H22ClN3O2/c1-11(10-22)12(2)19-17(23)16-9-21(20-13(16)3)8-14-5-4-6-15(18)7-14/h4-7,9,11-12,22H,8,10H2,1-3H3,(H,19,23). The highest BCUT2D eigenvalue weighted by Gasteiger charge is 2.18. The summed E-state index contributed by atoms with van der Waals surface area (Å²) in [4.78, 5) is 12.3. The van der Waals surface area contributed by atoms with Crippen LogP contribution in [0.1, 0.15) is 35.5 Å². The van der Waals surface area contributed by atoms with Gasteiger partial charge in [0.2, 0.25) is 0 Å². The van der Waals surface area contributed by atoms with E-state index in [-0.39, 0.29) is 24.5 Å². The summed E-state index contributed by atoms with van der Waals surface area (Å²) in [6, 6.07) is 7.45. The van der Waals surface area contributed by atoms with Gasteiger partial charge < -0.3 is 10.4 Å². The number of benzene rings is 1. The number of nitrogens with zero attached hydrogens (tertiary/aromatic N) is 2. The van der Waals surface area contributed by atoms with Crippen molar-refractivity contribution in [2.24, 2.45) is 5.92 Å². The molecule has 2 atom stereocenters. The van der Waals surface area contributed by atoms with E-state index in [4.69, 9.17) is 16.7 Å². The second-order valence-corrected chi connectivity index (χ2v) is 6.31. The number of rotatable bonds is 6. The zero-order valence-corrected chi connectivity index (χ0v) is 14.3. The lowest BCUT2D eigenvalue weighted by Crippen LogP contribution is -2.38. The molecule has 0 saturated carbocycles. The molecule has 23 heavy (non-hydrogen) atoms. The van der Waals surface area contributed by atoms with Crippen LogP contribution in [0.15, 0.2) is 30.5 Å². The van der Waals surface area contributed by atoms with Crippen molar-refractivity contribution in [2.45, 2.75) is 33.4 Å². The molecule has 5 nitrogen and oxygen atoms in total. The molecular formula is C17H22ClN3O2. The first kappa shape index (κ1) is 17.5. The smallest absolute Gasteiger partial charge is 0.254 e. The van der Waals surface area contributed by atoms with Gasteiger partial charge in [0.25, 0.3) is 5.91 Å². The number of aryl methyl sites for hydroxylation is 1. The number of aromatic nitrogens is 2. The second kappa shape index (κ2) is 7.62. The molecule has 0 radical (unpaired) electrons. The molecule has 2 rings (SSSR count). The number of amides is 1. The highest BCUT2D eigenvalue weighted by Crippen LogP contribution is 2.13. The van der Waals surface area contributed by atoms with Crippen molar-refractivity contribution in [3.63, 3.8) is 0 Å². The van der Waals surface area contributed by atoms with Crippen LogP contribution in [0.5, 0.6) is 0 Å². The van der Waals surface area contributed by atoms with Crippen molar-refractivity contribution in [1.29, 1.82) is 0 Å². The highest BCUT2D eigenvalue weighted by atomic mass is 35.5. The van der Waals surface area contributed by atoms with E-state index in [2.05, 4.69) is 10.4 Å². The molecule has 0 bridgehead atoms. The fourth-order valence-electron chi connectivity index (χ4n) is 2.23. The lowest BCUT2D eigenvalue weighted by atomic mass is 10.0. The van der Waals surface area contributed by atoms with Gasteiger partial charge in [-0.3, -0.25) is 9.48 Å². The molecular weight excluding hydrogens is 314 g/mol. The SMILES string of the molecule is Cc1nn(Cc2cccc(Cl)c2)cc1C(=O)NC(C)C(C)CO. The number of aliphatic hydroxyl groups excluding tert-OH is 1. The Morgan fingerprint density at radius 3 is 2.83 bits per heavy atom. The molecule has 2 aromatic rings. The lowest BCUT2D eigenvalue weighted by Gasteiger charge is -2.18. The highest BCUT2D eigenvalue weighted by molar-refractivity contribution is 6.30. The zero-order chi connectivity index (χ0) is 17.0. The van der Waals surface area contributed by atoms with E-state index in [9.17, 15) is 4.79 Å². The number of nitrogens with one attached hydrogen (secondary N) is 1. The van der Waals surface area contributed by atoms with Crippen molar-refractivity contribution >= 4 is 17.5 Å². The molecule has 0 fully saturated rings. The quantitative estimate of drug-likeness (QED) is 0.852. The Bertz CT molecular complexity index is 684. The number of hydrogen-bond donors (Lipinski definition) is 2. The molecule has 124 valence electrons. The third-order valence-electron chi connectivity index (χ3n) is 3.92. The molecule has 0 spiro atoms. The summed E-state index contributed by atoms with van der Waals surface area (Å²) >= 11 is 5.98. The Morgan fingerprint density at radius 1 is 1.43 bits per heavy atom. The van der Waals surface area contributed by atoms with Crippen LogP contribution in [0.25, 0.3) is 0 Å². The van der Waals surface area contributed by atoms with Crippen LogP contribution < -0.4 is 5.32 Å². The van der Waals surface area contributed by atoms with Gasteiger partial charge in [-0.15, -0.1) is 0 Å². The Labute approximate surface area is 141 Å². The summed E-state index contributed by atoms with van der Waals surface area (Å²) in [6.45, 7) is 6.17. The molecule has 1 aromatic heterocycles. The number of carbonyl (C=O) groups is 1. The summed E-state index contributed by atoms with van der Waals surface area (Å²) in [5.74, 6) is -0.173. The van der Waals surface area contributed by atoms with Crippen LogP contribution in [0.4, 0.5) is 0 Å². The molecule has 0 saturated heterocycles. The van der Waals surface area contributed by atoms with Crippen LogP contribution in [-0.4, -0.2) is 33.4 Å². The van der Waals surface area contributed by atoms with Gasteiger partial charge in [0.15, 0.2) is 0 Å². The largest absolute Gasteiger partial charge is 0.396 e. The summed E-state index contributed by atoms with van der Waals surface area (Å²) in [7, 11) is 0. The first-order valence-electron chi connectivity index (χ1n) is 7.61. The summed E-state index contributed by atoms with van der Waals surface area (Å²) in [6.07, 6.45) is 1.74. The zero-order valence-electron chi connectivity index (χ0n) is 13.6. The number of hydrogen-bond acceptors (Lipinski definition) is 3. The fourth-order valence-corrected chi connectivity index (χ4v) is 2.44. The predicted octanol–water partition coefficient (Wildman–Crippen LogP) is 2.64.